The Bertz CT molecular complexity index is 403. The van der Waals surface area contributed by atoms with Gasteiger partial charge in [-0.1, -0.05) is 31.5 Å². The van der Waals surface area contributed by atoms with E-state index < -0.39 is 0 Å². The van der Waals surface area contributed by atoms with Crippen molar-refractivity contribution >= 4 is 11.6 Å². The van der Waals surface area contributed by atoms with Crippen LogP contribution in [0.3, 0.4) is 0 Å². The Morgan fingerprint density at radius 2 is 2.07 bits per heavy atom. The van der Waals surface area contributed by atoms with Crippen LogP contribution in [0.2, 0.25) is 5.02 Å². The van der Waals surface area contributed by atoms with E-state index in [1.54, 1.807) is 6.07 Å². The third-order valence-electron chi connectivity index (χ3n) is 3.63. The molecular formula is C12H14ClFO. The normalized spacial score (nSPS) is 27.8. The van der Waals surface area contributed by atoms with Crippen LogP contribution in [0.1, 0.15) is 25.8 Å². The van der Waals surface area contributed by atoms with Crippen molar-refractivity contribution in [2.45, 2.75) is 25.7 Å². The maximum Gasteiger partial charge on any atom is 0.124 e. The Kier molecular flexibility index (Phi) is 2.32. The molecule has 15 heavy (non-hydrogen) atoms. The van der Waals surface area contributed by atoms with Crippen LogP contribution in [0, 0.1) is 11.2 Å². The molecule has 1 saturated carbocycles. The van der Waals surface area contributed by atoms with Gasteiger partial charge in [0.05, 0.1) is 6.61 Å². The SMILES string of the molecule is CC1(C)CC1(CO)c1ccc(F)cc1Cl. The van der Waals surface area contributed by atoms with Crippen LogP contribution < -0.4 is 0 Å². The van der Waals surface area contributed by atoms with Crippen LogP contribution in [0.4, 0.5) is 4.39 Å². The molecule has 1 atom stereocenters. The Hall–Kier alpha value is -0.600. The molecule has 1 aromatic rings. The minimum atomic E-state index is -0.338. The number of aliphatic hydroxyl groups is 1. The lowest BCUT2D eigenvalue weighted by Crippen LogP contribution is -2.19. The van der Waals surface area contributed by atoms with Crippen molar-refractivity contribution in [3.8, 4) is 0 Å². The predicted octanol–water partition coefficient (Wildman–Crippen LogP) is 3.14. The second-order valence-corrected chi connectivity index (χ2v) is 5.33. The van der Waals surface area contributed by atoms with Gasteiger partial charge in [-0.3, -0.25) is 0 Å². The van der Waals surface area contributed by atoms with E-state index in [9.17, 15) is 9.50 Å². The summed E-state index contributed by atoms with van der Waals surface area (Å²) in [5.74, 6) is -0.338. The fraction of sp³-hybridized carbons (Fsp3) is 0.500. The minimum absolute atomic E-state index is 0.0449. The average molecular weight is 229 g/mol. The summed E-state index contributed by atoms with van der Waals surface area (Å²) in [5, 5.41) is 9.90. The summed E-state index contributed by atoms with van der Waals surface area (Å²) in [6, 6.07) is 4.39. The number of halogens is 2. The van der Waals surface area contributed by atoms with Gasteiger partial charge in [-0.2, -0.15) is 0 Å². The quantitative estimate of drug-likeness (QED) is 0.825. The zero-order chi connectivity index (χ0) is 11.3. The lowest BCUT2D eigenvalue weighted by atomic mass is 9.88. The lowest BCUT2D eigenvalue weighted by Gasteiger charge is -2.19. The van der Waals surface area contributed by atoms with Crippen LogP contribution in [-0.4, -0.2) is 11.7 Å². The highest BCUT2D eigenvalue weighted by molar-refractivity contribution is 6.31. The molecule has 1 nitrogen and oxygen atoms in total. The molecule has 1 N–H and O–H groups in total. The number of aliphatic hydroxyl groups excluding tert-OH is 1. The van der Waals surface area contributed by atoms with Crippen molar-refractivity contribution < 1.29 is 9.50 Å². The summed E-state index contributed by atoms with van der Waals surface area (Å²) in [5.41, 5.74) is 0.624. The molecule has 3 heteroatoms. The van der Waals surface area contributed by atoms with Gasteiger partial charge in [0.1, 0.15) is 5.82 Å². The Morgan fingerprint density at radius 1 is 1.47 bits per heavy atom. The summed E-state index contributed by atoms with van der Waals surface area (Å²) in [4.78, 5) is 0. The van der Waals surface area contributed by atoms with Gasteiger partial charge in [-0.25, -0.2) is 4.39 Å². The van der Waals surface area contributed by atoms with Gasteiger partial charge in [-0.05, 0) is 29.5 Å². The van der Waals surface area contributed by atoms with Crippen LogP contribution in [0.25, 0.3) is 0 Å². The molecular weight excluding hydrogens is 215 g/mol. The monoisotopic (exact) mass is 228 g/mol. The molecule has 2 rings (SSSR count). The summed E-state index contributed by atoms with van der Waals surface area (Å²) in [6.07, 6.45) is 0.891. The highest BCUT2D eigenvalue weighted by atomic mass is 35.5. The Morgan fingerprint density at radius 3 is 2.47 bits per heavy atom. The molecule has 0 amide bonds. The lowest BCUT2D eigenvalue weighted by molar-refractivity contribution is 0.231. The second-order valence-electron chi connectivity index (χ2n) is 4.93. The van der Waals surface area contributed by atoms with Gasteiger partial charge in [-0.15, -0.1) is 0 Å². The maximum absolute atomic E-state index is 12.9. The van der Waals surface area contributed by atoms with Crippen molar-refractivity contribution in [3.05, 3.63) is 34.6 Å². The molecule has 82 valence electrons. The zero-order valence-electron chi connectivity index (χ0n) is 8.85. The predicted molar refractivity (Wildman–Crippen MR) is 58.6 cm³/mol. The summed E-state index contributed by atoms with van der Waals surface area (Å²) < 4.78 is 12.9. The molecule has 0 radical (unpaired) electrons. The number of hydrogen-bond acceptors (Lipinski definition) is 1. The third kappa shape index (κ3) is 1.47. The fourth-order valence-corrected chi connectivity index (χ4v) is 2.75. The van der Waals surface area contributed by atoms with Gasteiger partial charge < -0.3 is 5.11 Å². The Labute approximate surface area is 93.9 Å². The molecule has 0 aromatic heterocycles. The second kappa shape index (κ2) is 3.19. The highest BCUT2D eigenvalue weighted by Gasteiger charge is 2.62. The van der Waals surface area contributed by atoms with Crippen molar-refractivity contribution in [3.63, 3.8) is 0 Å². The molecule has 0 bridgehead atoms. The minimum Gasteiger partial charge on any atom is -0.395 e. The van der Waals surface area contributed by atoms with E-state index in [0.717, 1.165) is 12.0 Å². The van der Waals surface area contributed by atoms with E-state index in [-0.39, 0.29) is 23.3 Å². The summed E-state index contributed by atoms with van der Waals surface area (Å²) >= 11 is 6.01. The summed E-state index contributed by atoms with van der Waals surface area (Å²) in [7, 11) is 0. The first-order valence-electron chi connectivity index (χ1n) is 4.99. The first-order valence-corrected chi connectivity index (χ1v) is 5.37. The molecule has 1 aromatic carbocycles. The molecule has 0 heterocycles. The molecule has 0 spiro atoms. The zero-order valence-corrected chi connectivity index (χ0v) is 9.61. The van der Waals surface area contributed by atoms with Crippen LogP contribution in [-0.2, 0) is 5.41 Å². The maximum atomic E-state index is 12.9. The first-order chi connectivity index (χ1) is 6.93. The third-order valence-corrected chi connectivity index (χ3v) is 3.94. The van der Waals surface area contributed by atoms with Gasteiger partial charge in [0, 0.05) is 10.4 Å². The van der Waals surface area contributed by atoms with Crippen molar-refractivity contribution in [1.29, 1.82) is 0 Å². The van der Waals surface area contributed by atoms with E-state index in [0.29, 0.717) is 5.02 Å². The molecule has 1 aliphatic carbocycles. The first kappa shape index (κ1) is 10.9. The number of benzene rings is 1. The molecule has 0 aliphatic heterocycles. The largest absolute Gasteiger partial charge is 0.395 e. The molecule has 1 unspecified atom stereocenters. The van der Waals surface area contributed by atoms with E-state index in [1.807, 2.05) is 0 Å². The van der Waals surface area contributed by atoms with Crippen LogP contribution in [0.15, 0.2) is 18.2 Å². The standard InChI is InChI=1S/C12H14ClFO/c1-11(2)6-12(11,7-15)9-4-3-8(14)5-10(9)13/h3-5,15H,6-7H2,1-2H3. The van der Waals surface area contributed by atoms with Gasteiger partial charge in [0.15, 0.2) is 0 Å². The molecule has 0 saturated heterocycles. The van der Waals surface area contributed by atoms with E-state index >= 15 is 0 Å². The average Bonchev–Trinajstić information content (AvgIpc) is 2.69. The van der Waals surface area contributed by atoms with Gasteiger partial charge in [0.25, 0.3) is 0 Å². The van der Waals surface area contributed by atoms with E-state index in [1.165, 1.54) is 12.1 Å². The topological polar surface area (TPSA) is 20.2 Å². The van der Waals surface area contributed by atoms with Gasteiger partial charge >= 0.3 is 0 Å². The van der Waals surface area contributed by atoms with E-state index in [2.05, 4.69) is 13.8 Å². The van der Waals surface area contributed by atoms with Crippen molar-refractivity contribution in [2.75, 3.05) is 6.61 Å². The van der Waals surface area contributed by atoms with Crippen molar-refractivity contribution in [2.24, 2.45) is 5.41 Å². The number of hydrogen-bond donors (Lipinski definition) is 1. The van der Waals surface area contributed by atoms with Crippen molar-refractivity contribution in [1.82, 2.24) is 0 Å². The Balaban J connectivity index is 2.46. The number of rotatable bonds is 2. The molecule has 1 aliphatic rings. The van der Waals surface area contributed by atoms with Crippen LogP contribution in [0.5, 0.6) is 0 Å². The van der Waals surface area contributed by atoms with E-state index in [4.69, 9.17) is 11.6 Å². The molecule has 1 fully saturated rings. The highest BCUT2D eigenvalue weighted by Crippen LogP contribution is 2.64. The fourth-order valence-electron chi connectivity index (χ4n) is 2.40. The summed E-state index contributed by atoms with van der Waals surface area (Å²) in [6.45, 7) is 4.23. The smallest absolute Gasteiger partial charge is 0.124 e. The van der Waals surface area contributed by atoms with Crippen LogP contribution >= 0.6 is 11.6 Å². The van der Waals surface area contributed by atoms with Gasteiger partial charge in [0.2, 0.25) is 0 Å².